The van der Waals surface area contributed by atoms with Crippen LogP contribution in [0.5, 0.6) is 0 Å². The lowest BCUT2D eigenvalue weighted by Gasteiger charge is -2.18. The number of pyridine rings is 1. The summed E-state index contributed by atoms with van der Waals surface area (Å²) in [5.74, 6) is 2.08. The van der Waals surface area contributed by atoms with Gasteiger partial charge < -0.3 is 11.1 Å². The van der Waals surface area contributed by atoms with Crippen LogP contribution in [0.1, 0.15) is 79.3 Å². The van der Waals surface area contributed by atoms with Crippen molar-refractivity contribution in [1.82, 2.24) is 4.98 Å². The first kappa shape index (κ1) is 27.7. The highest BCUT2D eigenvalue weighted by Crippen LogP contribution is 2.38. The van der Waals surface area contributed by atoms with Crippen LogP contribution in [0.4, 0.5) is 20.3 Å². The second-order valence-corrected chi connectivity index (χ2v) is 11.1. The van der Waals surface area contributed by atoms with Crippen LogP contribution in [-0.4, -0.2) is 11.5 Å². The molecule has 0 spiro atoms. The maximum absolute atomic E-state index is 14.4. The molecule has 1 aromatic heterocycles. The van der Waals surface area contributed by atoms with E-state index in [9.17, 15) is 8.78 Å². The molecule has 1 aliphatic rings. The van der Waals surface area contributed by atoms with E-state index in [-0.39, 0.29) is 5.56 Å². The summed E-state index contributed by atoms with van der Waals surface area (Å²) >= 11 is 0. The minimum Gasteiger partial charge on any atom is -0.340 e. The number of aryl methyl sites for hydroxylation is 2. The summed E-state index contributed by atoms with van der Waals surface area (Å²) in [6.07, 6.45) is 9.61. The predicted molar refractivity (Wildman–Crippen MR) is 154 cm³/mol. The van der Waals surface area contributed by atoms with Crippen molar-refractivity contribution in [3.8, 4) is 0 Å². The number of nitrogens with two attached hydrogens (primary N) is 1. The molecule has 2 aromatic carbocycles. The first-order chi connectivity index (χ1) is 17.9. The number of anilines is 2. The summed E-state index contributed by atoms with van der Waals surface area (Å²) < 4.78 is 28.8. The molecular formula is C31H40F2N3P. The standard InChI is InChI=1S/C31H40F2N3P/c1-2-22-6-5-9-24(11-10-22)26-12-15-27(16-13-26)35-30-19-17-28(31(32,33)37)29(36-30)18-14-23-7-3-4-8-25(23)20-21-34/h3-4,7-8,12-13,15-17,19,22,24H,2,5-6,9-11,14,18,20-21,34,37H2,1H3,(H,35,36). The van der Waals surface area contributed by atoms with Crippen molar-refractivity contribution in [2.24, 2.45) is 11.7 Å². The normalized spacial score (nSPS) is 18.4. The molecule has 3 unspecified atom stereocenters. The first-order valence-electron chi connectivity index (χ1n) is 13.7. The summed E-state index contributed by atoms with van der Waals surface area (Å²) in [7, 11) is 1.65. The Labute approximate surface area is 222 Å². The van der Waals surface area contributed by atoms with Crippen molar-refractivity contribution in [1.29, 1.82) is 0 Å². The van der Waals surface area contributed by atoms with Gasteiger partial charge in [0.1, 0.15) is 5.82 Å². The Hall–Kier alpha value is -2.36. The molecule has 0 amide bonds. The maximum atomic E-state index is 14.4. The minimum atomic E-state index is -3.03. The number of aromatic nitrogens is 1. The van der Waals surface area contributed by atoms with Gasteiger partial charge in [-0.15, -0.1) is 0 Å². The second kappa shape index (κ2) is 12.9. The summed E-state index contributed by atoms with van der Waals surface area (Å²) in [5.41, 5.74) is 7.69. The largest absolute Gasteiger partial charge is 0.340 e. The van der Waals surface area contributed by atoms with Crippen LogP contribution < -0.4 is 11.1 Å². The number of nitrogens with one attached hydrogen (secondary N) is 1. The predicted octanol–water partition coefficient (Wildman–Crippen LogP) is 8.11. The molecule has 198 valence electrons. The molecular weight excluding hydrogens is 483 g/mol. The molecule has 0 saturated heterocycles. The molecule has 0 radical (unpaired) electrons. The average Bonchev–Trinajstić information content (AvgIpc) is 3.14. The van der Waals surface area contributed by atoms with E-state index in [1.54, 1.807) is 15.3 Å². The Bertz CT molecular complexity index is 1140. The monoisotopic (exact) mass is 523 g/mol. The van der Waals surface area contributed by atoms with Crippen molar-refractivity contribution in [3.05, 3.63) is 88.6 Å². The van der Waals surface area contributed by atoms with E-state index in [0.29, 0.717) is 36.8 Å². The van der Waals surface area contributed by atoms with E-state index in [4.69, 9.17) is 5.73 Å². The van der Waals surface area contributed by atoms with E-state index in [2.05, 4.69) is 47.6 Å². The van der Waals surface area contributed by atoms with Gasteiger partial charge in [-0.1, -0.05) is 71.8 Å². The van der Waals surface area contributed by atoms with E-state index >= 15 is 0 Å². The Morgan fingerprint density at radius 1 is 0.919 bits per heavy atom. The Kier molecular flexibility index (Phi) is 9.67. The zero-order valence-electron chi connectivity index (χ0n) is 21.9. The molecule has 0 bridgehead atoms. The number of hydrogen-bond donors (Lipinski definition) is 2. The second-order valence-electron chi connectivity index (χ2n) is 10.3. The highest BCUT2D eigenvalue weighted by atomic mass is 31.0. The summed E-state index contributed by atoms with van der Waals surface area (Å²) in [4.78, 5) is 4.64. The average molecular weight is 524 g/mol. The van der Waals surface area contributed by atoms with Gasteiger partial charge in [-0.2, -0.15) is 8.78 Å². The van der Waals surface area contributed by atoms with Crippen LogP contribution in [0.25, 0.3) is 0 Å². The van der Waals surface area contributed by atoms with Crippen molar-refractivity contribution in [2.45, 2.75) is 76.3 Å². The number of rotatable bonds is 10. The van der Waals surface area contributed by atoms with Crippen molar-refractivity contribution >= 4 is 20.7 Å². The molecule has 37 heavy (non-hydrogen) atoms. The third kappa shape index (κ3) is 7.58. The highest BCUT2D eigenvalue weighted by molar-refractivity contribution is 7.17. The van der Waals surface area contributed by atoms with E-state index < -0.39 is 5.66 Å². The van der Waals surface area contributed by atoms with Gasteiger partial charge in [0.15, 0.2) is 0 Å². The van der Waals surface area contributed by atoms with Crippen LogP contribution in [0, 0.1) is 5.92 Å². The van der Waals surface area contributed by atoms with Gasteiger partial charge in [0.05, 0.1) is 5.69 Å². The molecule has 4 rings (SSSR count). The molecule has 1 fully saturated rings. The molecule has 3 nitrogen and oxygen atoms in total. The quantitative estimate of drug-likeness (QED) is 0.208. The Morgan fingerprint density at radius 3 is 2.32 bits per heavy atom. The zero-order chi connectivity index (χ0) is 26.3. The fourth-order valence-electron chi connectivity index (χ4n) is 5.63. The lowest BCUT2D eigenvalue weighted by molar-refractivity contribution is 0.102. The molecule has 1 aliphatic carbocycles. The first-order valence-corrected chi connectivity index (χ1v) is 14.3. The van der Waals surface area contributed by atoms with Crippen molar-refractivity contribution in [3.63, 3.8) is 0 Å². The van der Waals surface area contributed by atoms with Crippen LogP contribution in [0.15, 0.2) is 60.7 Å². The van der Waals surface area contributed by atoms with Crippen LogP contribution >= 0.6 is 9.24 Å². The van der Waals surface area contributed by atoms with Crippen molar-refractivity contribution < 1.29 is 8.78 Å². The SMILES string of the molecule is CCC1CCCC(c2ccc(Nc3ccc(C(F)(F)P)c(CCc4ccccc4CCN)n3)cc2)CC1. The van der Waals surface area contributed by atoms with Gasteiger partial charge in [0.25, 0.3) is 5.66 Å². The lowest BCUT2D eigenvalue weighted by atomic mass is 9.91. The molecule has 3 atom stereocenters. The van der Waals surface area contributed by atoms with Gasteiger partial charge in [0, 0.05) is 11.3 Å². The molecule has 0 aliphatic heterocycles. The molecule has 1 heterocycles. The summed E-state index contributed by atoms with van der Waals surface area (Å²) in [6.45, 7) is 2.86. The smallest absolute Gasteiger partial charge is 0.285 e. The van der Waals surface area contributed by atoms with E-state index in [1.165, 1.54) is 50.2 Å². The topological polar surface area (TPSA) is 50.9 Å². The lowest BCUT2D eigenvalue weighted by Crippen LogP contribution is -2.12. The molecule has 3 N–H and O–H groups in total. The van der Waals surface area contributed by atoms with Gasteiger partial charge in [-0.05, 0) is 97.9 Å². The fourth-order valence-corrected chi connectivity index (χ4v) is 5.89. The van der Waals surface area contributed by atoms with Gasteiger partial charge in [0.2, 0.25) is 0 Å². The van der Waals surface area contributed by atoms with Gasteiger partial charge in [-0.3, -0.25) is 0 Å². The summed E-state index contributed by atoms with van der Waals surface area (Å²) in [5, 5.41) is 3.33. The fraction of sp³-hybridized carbons (Fsp3) is 0.452. The third-order valence-electron chi connectivity index (χ3n) is 7.82. The summed E-state index contributed by atoms with van der Waals surface area (Å²) in [6, 6.07) is 19.8. The number of halogens is 2. The van der Waals surface area contributed by atoms with Crippen LogP contribution in [0.3, 0.4) is 0 Å². The van der Waals surface area contributed by atoms with Gasteiger partial charge >= 0.3 is 0 Å². The molecule has 1 saturated carbocycles. The van der Waals surface area contributed by atoms with Gasteiger partial charge in [-0.25, -0.2) is 4.98 Å². The number of nitrogens with zero attached hydrogens (tertiary/aromatic N) is 1. The van der Waals surface area contributed by atoms with Crippen LogP contribution in [-0.2, 0) is 24.9 Å². The van der Waals surface area contributed by atoms with E-state index in [1.807, 2.05) is 18.2 Å². The van der Waals surface area contributed by atoms with Crippen molar-refractivity contribution in [2.75, 3.05) is 11.9 Å². The number of hydrogen-bond acceptors (Lipinski definition) is 3. The maximum Gasteiger partial charge on any atom is 0.285 e. The minimum absolute atomic E-state index is 0.0477. The number of benzene rings is 2. The molecule has 6 heteroatoms. The highest BCUT2D eigenvalue weighted by Gasteiger charge is 2.29. The zero-order valence-corrected chi connectivity index (χ0v) is 23.0. The Balaban J connectivity index is 1.48. The number of alkyl halides is 2. The third-order valence-corrected chi connectivity index (χ3v) is 8.13. The Morgan fingerprint density at radius 2 is 1.65 bits per heavy atom. The molecule has 3 aromatic rings. The van der Waals surface area contributed by atoms with E-state index in [0.717, 1.165) is 29.2 Å². The van der Waals surface area contributed by atoms with Crippen LogP contribution in [0.2, 0.25) is 0 Å².